The summed E-state index contributed by atoms with van der Waals surface area (Å²) in [6, 6.07) is 12.5. The fraction of sp³-hybridized carbons (Fsp3) is 0.278. The van der Waals surface area contributed by atoms with Crippen molar-refractivity contribution in [1.29, 1.82) is 0 Å². The van der Waals surface area contributed by atoms with E-state index in [1.807, 2.05) is 29.7 Å². The van der Waals surface area contributed by atoms with Gasteiger partial charge in [-0.25, -0.2) is 4.98 Å². The van der Waals surface area contributed by atoms with Crippen LogP contribution >= 0.6 is 0 Å². The number of benzene rings is 1. The standard InChI is InChI=1S/C18H20N2O/c1-12(2)14-5-7-15(8-6-14)18-16(11-21)20-10-13(3)4-9-17(20)19-18/h4-10,12,21H,11H2,1-3H3. The van der Waals surface area contributed by atoms with Gasteiger partial charge in [0.1, 0.15) is 5.65 Å². The largest absolute Gasteiger partial charge is 0.390 e. The fourth-order valence-electron chi connectivity index (χ4n) is 2.61. The first-order chi connectivity index (χ1) is 10.1. The van der Waals surface area contributed by atoms with Gasteiger partial charge >= 0.3 is 0 Å². The summed E-state index contributed by atoms with van der Waals surface area (Å²) >= 11 is 0. The normalized spacial score (nSPS) is 11.5. The van der Waals surface area contributed by atoms with Crippen LogP contribution in [0.3, 0.4) is 0 Å². The van der Waals surface area contributed by atoms with Gasteiger partial charge in [0.2, 0.25) is 0 Å². The highest BCUT2D eigenvalue weighted by atomic mass is 16.3. The van der Waals surface area contributed by atoms with Crippen molar-refractivity contribution in [3.8, 4) is 11.3 Å². The molecule has 0 aliphatic carbocycles. The van der Waals surface area contributed by atoms with E-state index in [9.17, 15) is 5.11 Å². The maximum absolute atomic E-state index is 9.74. The van der Waals surface area contributed by atoms with Crippen LogP contribution in [0, 0.1) is 6.92 Å². The van der Waals surface area contributed by atoms with Gasteiger partial charge in [0.25, 0.3) is 0 Å². The molecular weight excluding hydrogens is 260 g/mol. The van der Waals surface area contributed by atoms with Crippen LogP contribution in [-0.4, -0.2) is 14.5 Å². The minimum Gasteiger partial charge on any atom is -0.390 e. The first kappa shape index (κ1) is 13.8. The van der Waals surface area contributed by atoms with Crippen LogP contribution in [0.2, 0.25) is 0 Å². The molecular formula is C18H20N2O. The van der Waals surface area contributed by atoms with E-state index in [2.05, 4.69) is 43.1 Å². The Morgan fingerprint density at radius 2 is 1.81 bits per heavy atom. The summed E-state index contributed by atoms with van der Waals surface area (Å²) < 4.78 is 1.97. The van der Waals surface area contributed by atoms with Crippen molar-refractivity contribution in [3.05, 3.63) is 59.4 Å². The average Bonchev–Trinajstić information content (AvgIpc) is 2.85. The van der Waals surface area contributed by atoms with Crippen molar-refractivity contribution in [2.24, 2.45) is 0 Å². The molecule has 0 spiro atoms. The lowest BCUT2D eigenvalue weighted by atomic mass is 10.0. The predicted octanol–water partition coefficient (Wildman–Crippen LogP) is 3.93. The van der Waals surface area contributed by atoms with E-state index < -0.39 is 0 Å². The van der Waals surface area contributed by atoms with E-state index >= 15 is 0 Å². The van der Waals surface area contributed by atoms with Crippen LogP contribution in [0.4, 0.5) is 0 Å². The van der Waals surface area contributed by atoms with Crippen LogP contribution in [0.25, 0.3) is 16.9 Å². The molecule has 3 aromatic rings. The number of hydrogen-bond acceptors (Lipinski definition) is 2. The Hall–Kier alpha value is -2.13. The van der Waals surface area contributed by atoms with Crippen molar-refractivity contribution in [2.75, 3.05) is 0 Å². The van der Waals surface area contributed by atoms with Crippen LogP contribution in [0.5, 0.6) is 0 Å². The highest BCUT2D eigenvalue weighted by Gasteiger charge is 2.13. The third-order valence-corrected chi connectivity index (χ3v) is 3.87. The Bertz CT molecular complexity index is 770. The average molecular weight is 280 g/mol. The Morgan fingerprint density at radius 1 is 1.10 bits per heavy atom. The summed E-state index contributed by atoms with van der Waals surface area (Å²) in [7, 11) is 0. The smallest absolute Gasteiger partial charge is 0.137 e. The number of aryl methyl sites for hydroxylation is 1. The van der Waals surface area contributed by atoms with Crippen LogP contribution in [-0.2, 0) is 6.61 Å². The predicted molar refractivity (Wildman–Crippen MR) is 85.4 cm³/mol. The second-order valence-corrected chi connectivity index (χ2v) is 5.78. The van der Waals surface area contributed by atoms with Gasteiger partial charge in [-0.05, 0) is 30.0 Å². The van der Waals surface area contributed by atoms with Crippen molar-refractivity contribution in [3.63, 3.8) is 0 Å². The van der Waals surface area contributed by atoms with E-state index in [4.69, 9.17) is 0 Å². The molecule has 0 unspecified atom stereocenters. The molecule has 1 aromatic carbocycles. The fourth-order valence-corrected chi connectivity index (χ4v) is 2.61. The first-order valence-electron chi connectivity index (χ1n) is 7.29. The van der Waals surface area contributed by atoms with Gasteiger partial charge in [-0.15, -0.1) is 0 Å². The molecule has 0 amide bonds. The zero-order valence-corrected chi connectivity index (χ0v) is 12.7. The third-order valence-electron chi connectivity index (χ3n) is 3.87. The summed E-state index contributed by atoms with van der Waals surface area (Å²) in [6.07, 6.45) is 2.01. The molecule has 1 N–H and O–H groups in total. The molecule has 0 aliphatic rings. The summed E-state index contributed by atoms with van der Waals surface area (Å²) in [5, 5.41) is 9.74. The topological polar surface area (TPSA) is 37.5 Å². The minimum atomic E-state index is -0.0219. The monoisotopic (exact) mass is 280 g/mol. The summed E-state index contributed by atoms with van der Waals surface area (Å²) in [5.41, 5.74) is 6.07. The zero-order chi connectivity index (χ0) is 15.0. The number of aromatic nitrogens is 2. The molecule has 0 saturated heterocycles. The lowest BCUT2D eigenvalue weighted by Crippen LogP contribution is -1.95. The molecule has 0 radical (unpaired) electrons. The Morgan fingerprint density at radius 3 is 2.43 bits per heavy atom. The lowest BCUT2D eigenvalue weighted by molar-refractivity contribution is 0.276. The first-order valence-corrected chi connectivity index (χ1v) is 7.29. The molecule has 21 heavy (non-hydrogen) atoms. The number of nitrogens with zero attached hydrogens (tertiary/aromatic N) is 2. The number of rotatable bonds is 3. The number of aliphatic hydroxyl groups excluding tert-OH is 1. The molecule has 2 aromatic heterocycles. The number of imidazole rings is 1. The molecule has 2 heterocycles. The second-order valence-electron chi connectivity index (χ2n) is 5.78. The molecule has 3 nitrogen and oxygen atoms in total. The van der Waals surface area contributed by atoms with Gasteiger partial charge in [-0.1, -0.05) is 44.2 Å². The molecule has 0 bridgehead atoms. The van der Waals surface area contributed by atoms with E-state index in [-0.39, 0.29) is 6.61 Å². The second kappa shape index (κ2) is 5.34. The van der Waals surface area contributed by atoms with Crippen molar-refractivity contribution < 1.29 is 5.11 Å². The minimum absolute atomic E-state index is 0.0219. The van der Waals surface area contributed by atoms with Gasteiger partial charge in [0, 0.05) is 11.8 Å². The molecule has 0 atom stereocenters. The number of pyridine rings is 1. The van der Waals surface area contributed by atoms with Crippen LogP contribution in [0.15, 0.2) is 42.6 Å². The van der Waals surface area contributed by atoms with E-state index in [1.54, 1.807) is 0 Å². The molecule has 3 rings (SSSR count). The zero-order valence-electron chi connectivity index (χ0n) is 12.7. The molecule has 3 heteroatoms. The van der Waals surface area contributed by atoms with E-state index in [1.165, 1.54) is 5.56 Å². The highest BCUT2D eigenvalue weighted by Crippen LogP contribution is 2.26. The van der Waals surface area contributed by atoms with E-state index in [0.29, 0.717) is 5.92 Å². The molecule has 0 saturated carbocycles. The Labute approximate surface area is 124 Å². The SMILES string of the molecule is Cc1ccc2nc(-c3ccc(C(C)C)cc3)c(CO)n2c1. The van der Waals surface area contributed by atoms with Crippen LogP contribution < -0.4 is 0 Å². The number of hydrogen-bond donors (Lipinski definition) is 1. The van der Waals surface area contributed by atoms with Gasteiger partial charge in [0.05, 0.1) is 18.0 Å². The van der Waals surface area contributed by atoms with Crippen LogP contribution in [0.1, 0.15) is 36.6 Å². The molecule has 0 aliphatic heterocycles. The Kier molecular flexibility index (Phi) is 3.52. The van der Waals surface area contributed by atoms with Gasteiger partial charge < -0.3 is 9.51 Å². The third kappa shape index (κ3) is 2.45. The summed E-state index contributed by atoms with van der Waals surface area (Å²) in [5.74, 6) is 0.514. The quantitative estimate of drug-likeness (QED) is 0.789. The Balaban J connectivity index is 2.15. The van der Waals surface area contributed by atoms with Crippen molar-refractivity contribution in [1.82, 2.24) is 9.38 Å². The number of fused-ring (bicyclic) bond motifs is 1. The maximum atomic E-state index is 9.74. The van der Waals surface area contributed by atoms with E-state index in [0.717, 1.165) is 28.2 Å². The molecule has 0 fully saturated rings. The van der Waals surface area contributed by atoms with Crippen molar-refractivity contribution in [2.45, 2.75) is 33.3 Å². The maximum Gasteiger partial charge on any atom is 0.137 e. The lowest BCUT2D eigenvalue weighted by Gasteiger charge is -2.07. The highest BCUT2D eigenvalue weighted by molar-refractivity contribution is 5.67. The van der Waals surface area contributed by atoms with Crippen molar-refractivity contribution >= 4 is 5.65 Å². The van der Waals surface area contributed by atoms with Gasteiger partial charge in [-0.2, -0.15) is 0 Å². The summed E-state index contributed by atoms with van der Waals surface area (Å²) in [4.78, 5) is 4.67. The molecule has 108 valence electrons. The number of aliphatic hydroxyl groups is 1. The van der Waals surface area contributed by atoms with Gasteiger partial charge in [-0.3, -0.25) is 0 Å². The van der Waals surface area contributed by atoms with Gasteiger partial charge in [0.15, 0.2) is 0 Å². The summed E-state index contributed by atoms with van der Waals surface area (Å²) in [6.45, 7) is 6.38.